The maximum atomic E-state index is 5.67. The van der Waals surface area contributed by atoms with E-state index in [1.54, 1.807) is 0 Å². The van der Waals surface area contributed by atoms with E-state index in [2.05, 4.69) is 36.3 Å². The minimum atomic E-state index is 0.109. The Labute approximate surface area is 103 Å². The molecule has 0 fully saturated rings. The molecule has 92 valence electrons. The number of hydrogen-bond donors (Lipinski definition) is 1. The molecule has 2 rings (SSSR count). The standard InChI is InChI=1S/C14H20N2O/c1-3-7-16-14(13-5-4-9-17-13)12-10-11(2)6-8-15-12/h5-6,8,10,14,16H,3-4,7,9H2,1-2H3. The zero-order valence-corrected chi connectivity index (χ0v) is 10.6. The molecule has 0 saturated carbocycles. The Morgan fingerprint density at radius 2 is 2.41 bits per heavy atom. The van der Waals surface area contributed by atoms with Crippen LogP contribution in [0, 0.1) is 6.92 Å². The van der Waals surface area contributed by atoms with Gasteiger partial charge in [-0.05, 0) is 43.7 Å². The predicted molar refractivity (Wildman–Crippen MR) is 68.7 cm³/mol. The van der Waals surface area contributed by atoms with Crippen LogP contribution in [-0.2, 0) is 4.74 Å². The van der Waals surface area contributed by atoms with Gasteiger partial charge in [0.25, 0.3) is 0 Å². The smallest absolute Gasteiger partial charge is 0.115 e. The third-order valence-corrected chi connectivity index (χ3v) is 2.85. The predicted octanol–water partition coefficient (Wildman–Crippen LogP) is 2.73. The second-order valence-corrected chi connectivity index (χ2v) is 4.39. The van der Waals surface area contributed by atoms with Gasteiger partial charge in [0.05, 0.1) is 12.3 Å². The Morgan fingerprint density at radius 1 is 1.53 bits per heavy atom. The molecule has 1 aliphatic heterocycles. The van der Waals surface area contributed by atoms with E-state index in [0.717, 1.165) is 37.4 Å². The lowest BCUT2D eigenvalue weighted by molar-refractivity contribution is 0.214. The van der Waals surface area contributed by atoms with Gasteiger partial charge in [0.15, 0.2) is 0 Å². The summed E-state index contributed by atoms with van der Waals surface area (Å²) in [6, 6.07) is 4.25. The molecule has 3 nitrogen and oxygen atoms in total. The van der Waals surface area contributed by atoms with Crippen molar-refractivity contribution in [1.29, 1.82) is 0 Å². The van der Waals surface area contributed by atoms with Crippen molar-refractivity contribution >= 4 is 0 Å². The molecule has 0 aromatic carbocycles. The van der Waals surface area contributed by atoms with Gasteiger partial charge in [-0.2, -0.15) is 0 Å². The summed E-state index contributed by atoms with van der Waals surface area (Å²) in [7, 11) is 0. The van der Waals surface area contributed by atoms with Gasteiger partial charge in [-0.25, -0.2) is 0 Å². The third kappa shape index (κ3) is 3.07. The first-order valence-corrected chi connectivity index (χ1v) is 6.30. The average molecular weight is 232 g/mol. The molecule has 0 spiro atoms. The van der Waals surface area contributed by atoms with Crippen molar-refractivity contribution in [3.63, 3.8) is 0 Å². The molecule has 1 aromatic heterocycles. The summed E-state index contributed by atoms with van der Waals surface area (Å²) in [5.74, 6) is 1.02. The molecule has 2 heterocycles. The molecule has 1 unspecified atom stereocenters. The lowest BCUT2D eigenvalue weighted by Crippen LogP contribution is -2.25. The molecule has 1 N–H and O–H groups in total. The number of hydrogen-bond acceptors (Lipinski definition) is 3. The highest BCUT2D eigenvalue weighted by molar-refractivity contribution is 5.24. The topological polar surface area (TPSA) is 34.1 Å². The molecule has 0 radical (unpaired) electrons. The highest BCUT2D eigenvalue weighted by atomic mass is 16.5. The van der Waals surface area contributed by atoms with E-state index in [9.17, 15) is 0 Å². The van der Waals surface area contributed by atoms with E-state index in [-0.39, 0.29) is 6.04 Å². The second kappa shape index (κ2) is 5.82. The number of rotatable bonds is 5. The highest BCUT2D eigenvalue weighted by Gasteiger charge is 2.21. The van der Waals surface area contributed by atoms with Crippen molar-refractivity contribution in [3.8, 4) is 0 Å². The van der Waals surface area contributed by atoms with Crippen LogP contribution in [0.1, 0.15) is 37.1 Å². The fourth-order valence-corrected chi connectivity index (χ4v) is 2.00. The van der Waals surface area contributed by atoms with Crippen LogP contribution in [-0.4, -0.2) is 18.1 Å². The van der Waals surface area contributed by atoms with Gasteiger partial charge in [0.1, 0.15) is 11.8 Å². The lowest BCUT2D eigenvalue weighted by atomic mass is 10.1. The highest BCUT2D eigenvalue weighted by Crippen LogP contribution is 2.25. The molecule has 17 heavy (non-hydrogen) atoms. The summed E-state index contributed by atoms with van der Waals surface area (Å²) < 4.78 is 5.67. The van der Waals surface area contributed by atoms with E-state index in [1.807, 2.05) is 12.3 Å². The first-order chi connectivity index (χ1) is 8.31. The number of aromatic nitrogens is 1. The van der Waals surface area contributed by atoms with Crippen LogP contribution in [0.5, 0.6) is 0 Å². The quantitative estimate of drug-likeness (QED) is 0.847. The minimum absolute atomic E-state index is 0.109. The second-order valence-electron chi connectivity index (χ2n) is 4.39. The van der Waals surface area contributed by atoms with Crippen molar-refractivity contribution in [1.82, 2.24) is 10.3 Å². The third-order valence-electron chi connectivity index (χ3n) is 2.85. The Morgan fingerprint density at radius 3 is 3.06 bits per heavy atom. The number of nitrogens with one attached hydrogen (secondary N) is 1. The Bertz CT molecular complexity index is 401. The van der Waals surface area contributed by atoms with Crippen molar-refractivity contribution in [2.45, 2.75) is 32.7 Å². The summed E-state index contributed by atoms with van der Waals surface area (Å²) in [5.41, 5.74) is 2.28. The largest absolute Gasteiger partial charge is 0.496 e. The monoisotopic (exact) mass is 232 g/mol. The van der Waals surface area contributed by atoms with Crippen LogP contribution in [0.25, 0.3) is 0 Å². The van der Waals surface area contributed by atoms with Gasteiger partial charge in [0, 0.05) is 12.6 Å². The molecular formula is C14H20N2O. The van der Waals surface area contributed by atoms with Crippen LogP contribution in [0.4, 0.5) is 0 Å². The lowest BCUT2D eigenvalue weighted by Gasteiger charge is -2.19. The zero-order chi connectivity index (χ0) is 12.1. The number of pyridine rings is 1. The molecular weight excluding hydrogens is 212 g/mol. The number of aryl methyl sites for hydroxylation is 1. The van der Waals surface area contributed by atoms with Crippen LogP contribution in [0.3, 0.4) is 0 Å². The van der Waals surface area contributed by atoms with E-state index < -0.39 is 0 Å². The van der Waals surface area contributed by atoms with E-state index in [4.69, 9.17) is 4.74 Å². The summed E-state index contributed by atoms with van der Waals surface area (Å²) in [4.78, 5) is 4.45. The van der Waals surface area contributed by atoms with Crippen molar-refractivity contribution in [2.75, 3.05) is 13.2 Å². The summed E-state index contributed by atoms with van der Waals surface area (Å²) in [6.07, 6.45) is 6.14. The van der Waals surface area contributed by atoms with Gasteiger partial charge < -0.3 is 10.1 Å². The zero-order valence-electron chi connectivity index (χ0n) is 10.6. The summed E-state index contributed by atoms with van der Waals surface area (Å²) in [5, 5.41) is 3.50. The van der Waals surface area contributed by atoms with Crippen LogP contribution >= 0.6 is 0 Å². The van der Waals surface area contributed by atoms with Crippen molar-refractivity contribution < 1.29 is 4.74 Å². The fraction of sp³-hybridized carbons (Fsp3) is 0.500. The molecule has 0 saturated heterocycles. The van der Waals surface area contributed by atoms with Crippen LogP contribution < -0.4 is 5.32 Å². The van der Waals surface area contributed by atoms with Gasteiger partial charge in [-0.1, -0.05) is 6.92 Å². The number of nitrogens with zero attached hydrogens (tertiary/aromatic N) is 1. The Kier molecular flexibility index (Phi) is 4.15. The van der Waals surface area contributed by atoms with Crippen LogP contribution in [0.2, 0.25) is 0 Å². The fourth-order valence-electron chi connectivity index (χ4n) is 2.00. The average Bonchev–Trinajstić information content (AvgIpc) is 2.83. The van der Waals surface area contributed by atoms with Gasteiger partial charge >= 0.3 is 0 Å². The first-order valence-electron chi connectivity index (χ1n) is 6.30. The van der Waals surface area contributed by atoms with E-state index >= 15 is 0 Å². The van der Waals surface area contributed by atoms with E-state index in [0.29, 0.717) is 0 Å². The SMILES string of the molecule is CCCNC(C1=CCCO1)c1cc(C)ccn1. The summed E-state index contributed by atoms with van der Waals surface area (Å²) >= 11 is 0. The first kappa shape index (κ1) is 12.1. The van der Waals surface area contributed by atoms with Gasteiger partial charge in [-0.15, -0.1) is 0 Å². The number of ether oxygens (including phenoxy) is 1. The maximum Gasteiger partial charge on any atom is 0.115 e. The normalized spacial score (nSPS) is 16.5. The Hall–Kier alpha value is -1.35. The molecule has 3 heteroatoms. The molecule has 0 bridgehead atoms. The van der Waals surface area contributed by atoms with Crippen molar-refractivity contribution in [3.05, 3.63) is 41.4 Å². The van der Waals surface area contributed by atoms with Gasteiger partial charge in [-0.3, -0.25) is 4.98 Å². The Balaban J connectivity index is 2.19. The molecule has 1 aliphatic rings. The van der Waals surface area contributed by atoms with Gasteiger partial charge in [0.2, 0.25) is 0 Å². The van der Waals surface area contributed by atoms with Crippen molar-refractivity contribution in [2.24, 2.45) is 0 Å². The molecule has 0 aliphatic carbocycles. The summed E-state index contributed by atoms with van der Waals surface area (Å²) in [6.45, 7) is 6.02. The van der Waals surface area contributed by atoms with Crippen LogP contribution in [0.15, 0.2) is 30.2 Å². The van der Waals surface area contributed by atoms with E-state index in [1.165, 1.54) is 5.56 Å². The maximum absolute atomic E-state index is 5.67. The minimum Gasteiger partial charge on any atom is -0.496 e. The molecule has 0 amide bonds. The molecule has 1 atom stereocenters. The molecule has 1 aromatic rings.